The van der Waals surface area contributed by atoms with Gasteiger partial charge in [0.15, 0.2) is 5.78 Å². The van der Waals surface area contributed by atoms with Crippen molar-refractivity contribution in [3.8, 4) is 11.1 Å². The van der Waals surface area contributed by atoms with Gasteiger partial charge in [0, 0.05) is 6.42 Å². The Bertz CT molecular complexity index is 555. The van der Waals surface area contributed by atoms with Crippen molar-refractivity contribution in [3.63, 3.8) is 0 Å². The lowest BCUT2D eigenvalue weighted by Crippen LogP contribution is -2.02. The average Bonchev–Trinajstić information content (AvgIpc) is 2.38. The second kappa shape index (κ2) is 5.32. The van der Waals surface area contributed by atoms with Crippen LogP contribution >= 0.6 is 11.6 Å². The van der Waals surface area contributed by atoms with Gasteiger partial charge in [0.1, 0.15) is 5.82 Å². The van der Waals surface area contributed by atoms with Crippen molar-refractivity contribution in [2.45, 2.75) is 13.3 Å². The number of Topliss-reactive ketones (excluding diaryl/α,β-unsaturated/α-hetero) is 1. The minimum atomic E-state index is -0.562. The molecular weight excluding hydrogens is 251 g/mol. The summed E-state index contributed by atoms with van der Waals surface area (Å²) in [6.07, 6.45) is 0.237. The Morgan fingerprint density at radius 1 is 1.17 bits per heavy atom. The zero-order chi connectivity index (χ0) is 13.1. The molecule has 0 spiro atoms. The van der Waals surface area contributed by atoms with Gasteiger partial charge in [-0.3, -0.25) is 4.79 Å². The number of hydrogen-bond donors (Lipinski definition) is 0. The fourth-order valence-corrected chi connectivity index (χ4v) is 2.13. The van der Waals surface area contributed by atoms with Crippen molar-refractivity contribution in [2.75, 3.05) is 0 Å². The molecular formula is C15H12ClFO. The lowest BCUT2D eigenvalue weighted by Gasteiger charge is -2.07. The zero-order valence-corrected chi connectivity index (χ0v) is 10.7. The molecule has 0 aliphatic carbocycles. The van der Waals surface area contributed by atoms with Gasteiger partial charge in [0.25, 0.3) is 0 Å². The first-order chi connectivity index (χ1) is 8.63. The van der Waals surface area contributed by atoms with E-state index in [4.69, 9.17) is 11.6 Å². The summed E-state index contributed by atoms with van der Waals surface area (Å²) < 4.78 is 13.9. The molecule has 0 amide bonds. The Labute approximate surface area is 110 Å². The molecule has 18 heavy (non-hydrogen) atoms. The molecule has 3 heteroatoms. The van der Waals surface area contributed by atoms with E-state index >= 15 is 0 Å². The molecule has 0 N–H and O–H groups in total. The van der Waals surface area contributed by atoms with Gasteiger partial charge in [0.05, 0.1) is 10.6 Å². The van der Waals surface area contributed by atoms with E-state index in [0.29, 0.717) is 5.56 Å². The number of halogens is 2. The fourth-order valence-electron chi connectivity index (χ4n) is 1.81. The lowest BCUT2D eigenvalue weighted by molar-refractivity contribution is 0.0984. The van der Waals surface area contributed by atoms with Gasteiger partial charge in [-0.15, -0.1) is 0 Å². The summed E-state index contributed by atoms with van der Waals surface area (Å²) in [5.41, 5.74) is 1.53. The maximum Gasteiger partial charge on any atom is 0.167 e. The molecule has 2 rings (SSSR count). The van der Waals surface area contributed by atoms with E-state index in [-0.39, 0.29) is 22.8 Å². The van der Waals surface area contributed by atoms with Gasteiger partial charge in [-0.05, 0) is 23.3 Å². The molecule has 0 unspecified atom stereocenters. The van der Waals surface area contributed by atoms with Gasteiger partial charge >= 0.3 is 0 Å². The molecule has 0 bridgehead atoms. The van der Waals surface area contributed by atoms with Gasteiger partial charge in [-0.1, -0.05) is 48.9 Å². The first-order valence-corrected chi connectivity index (χ1v) is 6.09. The third-order valence-corrected chi connectivity index (χ3v) is 3.05. The number of benzene rings is 2. The van der Waals surface area contributed by atoms with Gasteiger partial charge in [-0.2, -0.15) is 0 Å². The molecule has 2 aromatic carbocycles. The minimum absolute atomic E-state index is 0.0150. The quantitative estimate of drug-likeness (QED) is 0.730. The summed E-state index contributed by atoms with van der Waals surface area (Å²) in [7, 11) is 0. The topological polar surface area (TPSA) is 17.1 Å². The van der Waals surface area contributed by atoms with Crippen LogP contribution in [0.25, 0.3) is 11.1 Å². The maximum atomic E-state index is 13.9. The van der Waals surface area contributed by atoms with Crippen molar-refractivity contribution in [3.05, 3.63) is 58.9 Å². The summed E-state index contributed by atoms with van der Waals surface area (Å²) in [5, 5.41) is 0.167. The van der Waals surface area contributed by atoms with Gasteiger partial charge in [-0.25, -0.2) is 4.39 Å². The molecule has 0 atom stereocenters. The number of rotatable bonds is 3. The monoisotopic (exact) mass is 262 g/mol. The Morgan fingerprint density at radius 2 is 1.83 bits per heavy atom. The molecule has 2 aromatic rings. The van der Waals surface area contributed by atoms with Crippen LogP contribution in [-0.2, 0) is 0 Å². The van der Waals surface area contributed by atoms with E-state index < -0.39 is 5.82 Å². The standard InChI is InChI=1S/C15H12ClFO/c1-2-14(18)15-12(16)8-11(9-13(15)17)10-6-4-3-5-7-10/h3-9H,2H2,1H3. The number of carbonyl (C=O) groups is 1. The second-order valence-electron chi connectivity index (χ2n) is 3.96. The summed E-state index contributed by atoms with van der Waals surface area (Å²) in [5.74, 6) is -0.842. The van der Waals surface area contributed by atoms with Crippen LogP contribution in [0.1, 0.15) is 23.7 Å². The number of hydrogen-bond acceptors (Lipinski definition) is 1. The molecule has 0 saturated carbocycles. The minimum Gasteiger partial charge on any atom is -0.294 e. The smallest absolute Gasteiger partial charge is 0.167 e. The predicted octanol–water partition coefficient (Wildman–Crippen LogP) is 4.74. The van der Waals surface area contributed by atoms with Crippen LogP contribution in [0.2, 0.25) is 5.02 Å². The van der Waals surface area contributed by atoms with Gasteiger partial charge in [0.2, 0.25) is 0 Å². The molecule has 0 aliphatic rings. The molecule has 0 aliphatic heterocycles. The van der Waals surface area contributed by atoms with Crippen molar-refractivity contribution >= 4 is 17.4 Å². The van der Waals surface area contributed by atoms with E-state index in [9.17, 15) is 9.18 Å². The van der Waals surface area contributed by atoms with E-state index in [0.717, 1.165) is 5.56 Å². The Kier molecular flexibility index (Phi) is 3.78. The largest absolute Gasteiger partial charge is 0.294 e. The molecule has 0 aromatic heterocycles. The van der Waals surface area contributed by atoms with E-state index in [2.05, 4.69) is 0 Å². The highest BCUT2D eigenvalue weighted by atomic mass is 35.5. The third kappa shape index (κ3) is 2.44. The molecule has 1 nitrogen and oxygen atoms in total. The lowest BCUT2D eigenvalue weighted by atomic mass is 10.0. The second-order valence-corrected chi connectivity index (χ2v) is 4.36. The Hall–Kier alpha value is -1.67. The molecule has 0 radical (unpaired) electrons. The average molecular weight is 263 g/mol. The van der Waals surface area contributed by atoms with Crippen LogP contribution in [0, 0.1) is 5.82 Å². The number of carbonyl (C=O) groups excluding carboxylic acids is 1. The molecule has 0 saturated heterocycles. The third-order valence-electron chi connectivity index (χ3n) is 2.75. The number of ketones is 1. The highest BCUT2D eigenvalue weighted by Gasteiger charge is 2.16. The zero-order valence-electron chi connectivity index (χ0n) is 9.91. The molecule has 0 heterocycles. The maximum absolute atomic E-state index is 13.9. The summed E-state index contributed by atoms with van der Waals surface area (Å²) >= 11 is 6.00. The summed E-state index contributed by atoms with van der Waals surface area (Å²) in [6, 6.07) is 12.3. The highest BCUT2D eigenvalue weighted by Crippen LogP contribution is 2.28. The van der Waals surface area contributed by atoms with Crippen LogP contribution in [0.3, 0.4) is 0 Å². The van der Waals surface area contributed by atoms with Crippen LogP contribution in [-0.4, -0.2) is 5.78 Å². The van der Waals surface area contributed by atoms with Crippen LogP contribution < -0.4 is 0 Å². The Morgan fingerprint density at radius 3 is 2.39 bits per heavy atom. The fraction of sp³-hybridized carbons (Fsp3) is 0.133. The van der Waals surface area contributed by atoms with Gasteiger partial charge < -0.3 is 0 Å². The normalized spacial score (nSPS) is 10.4. The van der Waals surface area contributed by atoms with Crippen molar-refractivity contribution in [1.29, 1.82) is 0 Å². The van der Waals surface area contributed by atoms with E-state index in [1.807, 2.05) is 30.3 Å². The van der Waals surface area contributed by atoms with Crippen LogP contribution in [0.15, 0.2) is 42.5 Å². The van der Waals surface area contributed by atoms with E-state index in [1.54, 1.807) is 13.0 Å². The Balaban J connectivity index is 2.53. The van der Waals surface area contributed by atoms with Crippen LogP contribution in [0.5, 0.6) is 0 Å². The predicted molar refractivity (Wildman–Crippen MR) is 71.5 cm³/mol. The summed E-state index contributed by atoms with van der Waals surface area (Å²) in [4.78, 5) is 11.6. The molecule has 0 fully saturated rings. The summed E-state index contributed by atoms with van der Waals surface area (Å²) in [6.45, 7) is 1.68. The first kappa shape index (κ1) is 12.8. The SMILES string of the molecule is CCC(=O)c1c(F)cc(-c2ccccc2)cc1Cl. The van der Waals surface area contributed by atoms with Crippen molar-refractivity contribution in [1.82, 2.24) is 0 Å². The van der Waals surface area contributed by atoms with Crippen molar-refractivity contribution < 1.29 is 9.18 Å². The van der Waals surface area contributed by atoms with Crippen LogP contribution in [0.4, 0.5) is 4.39 Å². The van der Waals surface area contributed by atoms with E-state index in [1.165, 1.54) is 6.07 Å². The molecule has 92 valence electrons. The highest BCUT2D eigenvalue weighted by molar-refractivity contribution is 6.34. The first-order valence-electron chi connectivity index (χ1n) is 5.71. The van der Waals surface area contributed by atoms with Crippen molar-refractivity contribution in [2.24, 2.45) is 0 Å².